The van der Waals surface area contributed by atoms with E-state index < -0.39 is 10.0 Å². The van der Waals surface area contributed by atoms with Crippen LogP contribution in [0.5, 0.6) is 0 Å². The van der Waals surface area contributed by atoms with Gasteiger partial charge in [0.25, 0.3) is 5.91 Å². The molecule has 1 fully saturated rings. The molecule has 2 aromatic rings. The molecule has 0 spiro atoms. The lowest BCUT2D eigenvalue weighted by molar-refractivity contribution is 0.0921. The summed E-state index contributed by atoms with van der Waals surface area (Å²) in [6.07, 6.45) is 1.36. The van der Waals surface area contributed by atoms with Gasteiger partial charge in [0, 0.05) is 24.2 Å². The van der Waals surface area contributed by atoms with Gasteiger partial charge in [-0.3, -0.25) is 4.79 Å². The lowest BCUT2D eigenvalue weighted by Gasteiger charge is -2.32. The minimum atomic E-state index is -3.69. The highest BCUT2D eigenvalue weighted by Crippen LogP contribution is 2.27. The molecule has 0 radical (unpaired) electrons. The Morgan fingerprint density at radius 1 is 1.11 bits per heavy atom. The van der Waals surface area contributed by atoms with Gasteiger partial charge in [-0.2, -0.15) is 4.31 Å². The van der Waals surface area contributed by atoms with E-state index in [1.54, 1.807) is 49.4 Å². The van der Waals surface area contributed by atoms with E-state index in [1.807, 2.05) is 0 Å². The van der Waals surface area contributed by atoms with Crippen LogP contribution in [0.4, 0.5) is 0 Å². The van der Waals surface area contributed by atoms with Crippen molar-refractivity contribution in [3.63, 3.8) is 0 Å². The summed E-state index contributed by atoms with van der Waals surface area (Å²) in [6, 6.07) is 11.4. The van der Waals surface area contributed by atoms with Crippen LogP contribution in [0.15, 0.2) is 47.4 Å². The van der Waals surface area contributed by atoms with Crippen molar-refractivity contribution in [3.8, 4) is 0 Å². The van der Waals surface area contributed by atoms with Gasteiger partial charge in [-0.05, 0) is 49.6 Å². The monoisotopic (exact) mass is 426 g/mol. The lowest BCUT2D eigenvalue weighted by Crippen LogP contribution is -2.49. The molecule has 5 nitrogen and oxygen atoms in total. The number of carbonyl (C=O) groups is 1. The summed E-state index contributed by atoms with van der Waals surface area (Å²) < 4.78 is 27.5. The molecule has 27 heavy (non-hydrogen) atoms. The first-order valence-electron chi connectivity index (χ1n) is 8.61. The van der Waals surface area contributed by atoms with Crippen LogP contribution in [-0.2, 0) is 10.0 Å². The highest BCUT2D eigenvalue weighted by Gasteiger charge is 2.32. The molecule has 1 unspecified atom stereocenters. The molecule has 0 aromatic heterocycles. The maximum Gasteiger partial charge on any atom is 0.253 e. The van der Waals surface area contributed by atoms with Crippen LogP contribution in [0.1, 0.15) is 28.8 Å². The Kier molecular flexibility index (Phi) is 6.11. The molecule has 3 rings (SSSR count). The molecular formula is C19H20Cl2N2O3S. The maximum absolute atomic E-state index is 13.0. The lowest BCUT2D eigenvalue weighted by atomic mass is 10.1. The molecule has 8 heteroatoms. The van der Waals surface area contributed by atoms with Crippen molar-refractivity contribution in [2.45, 2.75) is 30.7 Å². The van der Waals surface area contributed by atoms with Crippen LogP contribution in [0, 0.1) is 6.92 Å². The van der Waals surface area contributed by atoms with Gasteiger partial charge in [0.1, 0.15) is 0 Å². The first kappa shape index (κ1) is 20.1. The third-order valence-electron chi connectivity index (χ3n) is 4.67. The summed E-state index contributed by atoms with van der Waals surface area (Å²) in [6.45, 7) is 2.31. The average Bonchev–Trinajstić information content (AvgIpc) is 2.64. The zero-order valence-electron chi connectivity index (χ0n) is 14.8. The van der Waals surface area contributed by atoms with E-state index >= 15 is 0 Å². The largest absolute Gasteiger partial charge is 0.348 e. The van der Waals surface area contributed by atoms with Gasteiger partial charge < -0.3 is 5.32 Å². The number of hydrogen-bond donors (Lipinski definition) is 1. The summed E-state index contributed by atoms with van der Waals surface area (Å²) in [5, 5.41) is 3.68. The van der Waals surface area contributed by atoms with Crippen LogP contribution in [0.2, 0.25) is 10.0 Å². The van der Waals surface area contributed by atoms with Gasteiger partial charge in [-0.25, -0.2) is 8.42 Å². The van der Waals surface area contributed by atoms with Crippen molar-refractivity contribution < 1.29 is 13.2 Å². The number of hydrogen-bond acceptors (Lipinski definition) is 3. The number of sulfonamides is 1. The molecular weight excluding hydrogens is 407 g/mol. The van der Waals surface area contributed by atoms with E-state index in [2.05, 4.69) is 5.32 Å². The van der Waals surface area contributed by atoms with Crippen molar-refractivity contribution >= 4 is 39.1 Å². The molecule has 1 amide bonds. The van der Waals surface area contributed by atoms with Crippen molar-refractivity contribution in [1.82, 2.24) is 9.62 Å². The Balaban J connectivity index is 1.77. The quantitative estimate of drug-likeness (QED) is 0.805. The minimum absolute atomic E-state index is 0.202. The third-order valence-corrected chi connectivity index (χ3v) is 7.42. The molecule has 1 atom stereocenters. The fourth-order valence-electron chi connectivity index (χ4n) is 3.19. The van der Waals surface area contributed by atoms with E-state index in [9.17, 15) is 13.2 Å². The Morgan fingerprint density at radius 3 is 2.56 bits per heavy atom. The van der Waals surface area contributed by atoms with Crippen LogP contribution in [0.25, 0.3) is 0 Å². The molecule has 144 valence electrons. The summed E-state index contributed by atoms with van der Waals surface area (Å²) >= 11 is 12.2. The molecule has 0 aliphatic carbocycles. The zero-order chi connectivity index (χ0) is 19.6. The van der Waals surface area contributed by atoms with Crippen molar-refractivity contribution in [2.24, 2.45) is 0 Å². The Labute approximate surface area is 169 Å². The highest BCUT2D eigenvalue weighted by atomic mass is 35.5. The summed E-state index contributed by atoms with van der Waals surface area (Å²) in [7, 11) is -3.69. The fourth-order valence-corrected chi connectivity index (χ4v) is 5.42. The second-order valence-corrected chi connectivity index (χ2v) is 9.24. The number of piperidine rings is 1. The van der Waals surface area contributed by atoms with Crippen molar-refractivity contribution in [2.75, 3.05) is 13.1 Å². The standard InChI is InChI=1S/C19H20Cl2N2O3S/c1-13-16(20)9-4-10-18(13)27(25,26)23-11-5-6-14(12-23)22-19(24)15-7-2-3-8-17(15)21/h2-4,7-10,14H,5-6,11-12H2,1H3,(H,22,24). The predicted octanol–water partition coefficient (Wildman–Crippen LogP) is 3.88. The number of nitrogens with zero attached hydrogens (tertiary/aromatic N) is 1. The molecule has 2 aromatic carbocycles. The van der Waals surface area contributed by atoms with Crippen LogP contribution in [-0.4, -0.2) is 37.8 Å². The molecule has 0 saturated carbocycles. The fraction of sp³-hybridized carbons (Fsp3) is 0.316. The number of halogens is 2. The Hall–Kier alpha value is -1.60. The summed E-state index contributed by atoms with van der Waals surface area (Å²) in [5.41, 5.74) is 0.909. The Bertz CT molecular complexity index is 963. The number of carbonyl (C=O) groups excluding carboxylic acids is 1. The van der Waals surface area contributed by atoms with E-state index in [4.69, 9.17) is 23.2 Å². The van der Waals surface area contributed by atoms with Crippen molar-refractivity contribution in [1.29, 1.82) is 0 Å². The Morgan fingerprint density at radius 2 is 1.81 bits per heavy atom. The second kappa shape index (κ2) is 8.19. The van der Waals surface area contributed by atoms with Gasteiger partial charge >= 0.3 is 0 Å². The molecule has 1 N–H and O–H groups in total. The summed E-state index contributed by atoms with van der Waals surface area (Å²) in [5.74, 6) is -0.302. The van der Waals surface area contributed by atoms with Gasteiger partial charge in [0.15, 0.2) is 0 Å². The van der Waals surface area contributed by atoms with E-state index in [-0.39, 0.29) is 23.4 Å². The summed E-state index contributed by atoms with van der Waals surface area (Å²) in [4.78, 5) is 12.7. The van der Waals surface area contributed by atoms with Crippen LogP contribution < -0.4 is 5.32 Å². The van der Waals surface area contributed by atoms with Gasteiger partial charge in [-0.1, -0.05) is 41.4 Å². The maximum atomic E-state index is 13.0. The molecule has 0 bridgehead atoms. The number of rotatable bonds is 4. The minimum Gasteiger partial charge on any atom is -0.348 e. The first-order chi connectivity index (χ1) is 12.8. The van der Waals surface area contributed by atoms with Gasteiger partial charge in [0.2, 0.25) is 10.0 Å². The van der Waals surface area contributed by atoms with Gasteiger partial charge in [-0.15, -0.1) is 0 Å². The smallest absolute Gasteiger partial charge is 0.253 e. The predicted molar refractivity (Wildman–Crippen MR) is 107 cm³/mol. The van der Waals surface area contributed by atoms with E-state index in [0.717, 1.165) is 0 Å². The topological polar surface area (TPSA) is 66.5 Å². The van der Waals surface area contributed by atoms with Crippen molar-refractivity contribution in [3.05, 3.63) is 63.6 Å². The normalized spacial score (nSPS) is 18.3. The number of benzene rings is 2. The zero-order valence-corrected chi connectivity index (χ0v) is 17.1. The average molecular weight is 427 g/mol. The second-order valence-electron chi connectivity index (χ2n) is 6.52. The SMILES string of the molecule is Cc1c(Cl)cccc1S(=O)(=O)N1CCCC(NC(=O)c2ccccc2Cl)C1. The van der Waals surface area contributed by atoms with E-state index in [1.165, 1.54) is 4.31 Å². The molecule has 1 saturated heterocycles. The van der Waals surface area contributed by atoms with E-state index in [0.29, 0.717) is 40.6 Å². The molecule has 1 heterocycles. The number of nitrogens with one attached hydrogen (secondary N) is 1. The molecule has 1 aliphatic heterocycles. The van der Waals surface area contributed by atoms with Crippen LogP contribution >= 0.6 is 23.2 Å². The first-order valence-corrected chi connectivity index (χ1v) is 10.8. The molecule has 1 aliphatic rings. The highest BCUT2D eigenvalue weighted by molar-refractivity contribution is 7.89. The van der Waals surface area contributed by atoms with Gasteiger partial charge in [0.05, 0.1) is 15.5 Å². The van der Waals surface area contributed by atoms with Crippen LogP contribution in [0.3, 0.4) is 0 Å². The third kappa shape index (κ3) is 4.29. The number of amides is 1.